The number of nitrogens with two attached hydrogens (primary N) is 1. The Labute approximate surface area is 168 Å². The van der Waals surface area contributed by atoms with E-state index in [0.29, 0.717) is 36.9 Å². The van der Waals surface area contributed by atoms with Gasteiger partial charge < -0.3 is 16.1 Å². The van der Waals surface area contributed by atoms with Gasteiger partial charge >= 0.3 is 0 Å². The highest BCUT2D eigenvalue weighted by Gasteiger charge is 2.14. The number of nitrogens with one attached hydrogen (secondary N) is 2. The van der Waals surface area contributed by atoms with Crippen LogP contribution < -0.4 is 16.1 Å². The van der Waals surface area contributed by atoms with E-state index in [2.05, 4.69) is 10.4 Å². The summed E-state index contributed by atoms with van der Waals surface area (Å²) >= 11 is 0. The second kappa shape index (κ2) is 10.2. The van der Waals surface area contributed by atoms with Gasteiger partial charge in [-0.05, 0) is 75.8 Å². The molecular formula is C22H28N3O2P. The van der Waals surface area contributed by atoms with Gasteiger partial charge in [-0.2, -0.15) is 0 Å². The van der Waals surface area contributed by atoms with Crippen molar-refractivity contribution in [2.24, 2.45) is 0 Å². The molecule has 1 atom stereocenters. The summed E-state index contributed by atoms with van der Waals surface area (Å²) in [6.45, 7) is 0. The Morgan fingerprint density at radius 1 is 0.786 bits per heavy atom. The minimum atomic E-state index is -0.206. The molecule has 0 bridgehead atoms. The molecule has 0 saturated heterocycles. The highest BCUT2D eigenvalue weighted by Crippen LogP contribution is 2.29. The molecule has 148 valence electrons. The molecule has 1 aliphatic rings. The van der Waals surface area contributed by atoms with Crippen LogP contribution in [0.2, 0.25) is 0 Å². The minimum absolute atomic E-state index is 0.0446. The fourth-order valence-corrected chi connectivity index (χ4v) is 4.56. The van der Waals surface area contributed by atoms with Gasteiger partial charge in [0.25, 0.3) is 11.8 Å². The molecule has 2 aromatic rings. The molecule has 3 rings (SSSR count). The second-order valence-electron chi connectivity index (χ2n) is 7.29. The first-order chi connectivity index (χ1) is 13.6. The van der Waals surface area contributed by atoms with Crippen LogP contribution in [0, 0.1) is 0 Å². The van der Waals surface area contributed by atoms with Crippen molar-refractivity contribution >= 4 is 31.9 Å². The summed E-state index contributed by atoms with van der Waals surface area (Å²) in [5.74, 6) is -0.250. The van der Waals surface area contributed by atoms with Gasteiger partial charge in [0.1, 0.15) is 0 Å². The standard InChI is InChI=1S/C22H28N3O2P/c23-18-12-8-16(9-13-18)21(26)24-19-14-10-17(11-15-19)22(27)25-28-20-6-4-2-1-3-5-7-20/h8-15,20,28H,1-7,23H2,(H,24,26)(H,25,27). The maximum Gasteiger partial charge on any atom is 0.255 e. The molecule has 1 saturated carbocycles. The van der Waals surface area contributed by atoms with E-state index in [1.54, 1.807) is 48.5 Å². The van der Waals surface area contributed by atoms with Crippen LogP contribution in [0.5, 0.6) is 0 Å². The normalized spacial score (nSPS) is 15.7. The first-order valence-electron chi connectivity index (χ1n) is 9.94. The highest BCUT2D eigenvalue weighted by atomic mass is 31.1. The lowest BCUT2D eigenvalue weighted by molar-refractivity contribution is 0.0981. The van der Waals surface area contributed by atoms with Gasteiger partial charge in [-0.15, -0.1) is 0 Å². The summed E-state index contributed by atoms with van der Waals surface area (Å²) in [4.78, 5) is 24.7. The molecular weight excluding hydrogens is 369 g/mol. The Morgan fingerprint density at radius 2 is 1.32 bits per heavy atom. The number of benzene rings is 2. The van der Waals surface area contributed by atoms with Crippen LogP contribution in [0.4, 0.5) is 11.4 Å². The Kier molecular flexibility index (Phi) is 7.44. The van der Waals surface area contributed by atoms with Gasteiger partial charge in [0.15, 0.2) is 0 Å². The fraction of sp³-hybridized carbons (Fsp3) is 0.364. The molecule has 0 aliphatic heterocycles. The Balaban J connectivity index is 1.50. The highest BCUT2D eigenvalue weighted by molar-refractivity contribution is 7.37. The zero-order valence-electron chi connectivity index (χ0n) is 16.0. The minimum Gasteiger partial charge on any atom is -0.399 e. The van der Waals surface area contributed by atoms with Gasteiger partial charge in [0.05, 0.1) is 0 Å². The van der Waals surface area contributed by atoms with Gasteiger partial charge in [0, 0.05) is 22.5 Å². The number of hydrogen-bond donors (Lipinski definition) is 3. The topological polar surface area (TPSA) is 84.2 Å². The maximum atomic E-state index is 12.4. The predicted molar refractivity (Wildman–Crippen MR) is 117 cm³/mol. The number of anilines is 2. The largest absolute Gasteiger partial charge is 0.399 e. The van der Waals surface area contributed by atoms with Crippen LogP contribution in [-0.2, 0) is 0 Å². The molecule has 6 heteroatoms. The molecule has 28 heavy (non-hydrogen) atoms. The molecule has 0 heterocycles. The third kappa shape index (κ3) is 6.07. The molecule has 1 unspecified atom stereocenters. The van der Waals surface area contributed by atoms with Crippen molar-refractivity contribution in [3.63, 3.8) is 0 Å². The molecule has 1 aliphatic carbocycles. The SMILES string of the molecule is Nc1ccc(C(=O)Nc2ccc(C(=O)NPC3CCCCCCC3)cc2)cc1. The van der Waals surface area contributed by atoms with Crippen LogP contribution in [0.25, 0.3) is 0 Å². The zero-order valence-corrected chi connectivity index (χ0v) is 17.0. The van der Waals surface area contributed by atoms with Crippen molar-refractivity contribution < 1.29 is 9.59 Å². The van der Waals surface area contributed by atoms with Crippen LogP contribution in [-0.4, -0.2) is 17.5 Å². The van der Waals surface area contributed by atoms with Crippen molar-refractivity contribution in [3.8, 4) is 0 Å². The summed E-state index contributed by atoms with van der Waals surface area (Å²) < 4.78 is 0. The van der Waals surface area contributed by atoms with E-state index in [9.17, 15) is 9.59 Å². The van der Waals surface area contributed by atoms with E-state index in [1.165, 1.54) is 44.9 Å². The lowest BCUT2D eigenvalue weighted by Crippen LogP contribution is -2.19. The van der Waals surface area contributed by atoms with Gasteiger partial charge in [0.2, 0.25) is 0 Å². The maximum absolute atomic E-state index is 12.4. The molecule has 2 aromatic carbocycles. The monoisotopic (exact) mass is 397 g/mol. The van der Waals surface area contributed by atoms with E-state index in [1.807, 2.05) is 0 Å². The lowest BCUT2D eigenvalue weighted by Gasteiger charge is -2.19. The van der Waals surface area contributed by atoms with E-state index in [4.69, 9.17) is 5.73 Å². The number of hydrogen-bond acceptors (Lipinski definition) is 3. The summed E-state index contributed by atoms with van der Waals surface area (Å²) in [6, 6.07) is 13.8. The van der Waals surface area contributed by atoms with Crippen molar-refractivity contribution in [1.82, 2.24) is 5.09 Å². The molecule has 0 radical (unpaired) electrons. The molecule has 0 aromatic heterocycles. The fourth-order valence-electron chi connectivity index (χ4n) is 3.38. The van der Waals surface area contributed by atoms with E-state index >= 15 is 0 Å². The average molecular weight is 397 g/mol. The number of carbonyl (C=O) groups is 2. The molecule has 1 fully saturated rings. The lowest BCUT2D eigenvalue weighted by atomic mass is 10.0. The summed E-state index contributed by atoms with van der Waals surface area (Å²) in [7, 11) is 0.474. The average Bonchev–Trinajstić information content (AvgIpc) is 2.68. The third-order valence-electron chi connectivity index (χ3n) is 5.07. The number of carbonyl (C=O) groups excluding carboxylic acids is 2. The van der Waals surface area contributed by atoms with Gasteiger partial charge in [-0.1, -0.05) is 32.1 Å². The van der Waals surface area contributed by atoms with Crippen LogP contribution in [0.1, 0.15) is 65.7 Å². The molecule has 0 spiro atoms. The summed E-state index contributed by atoms with van der Waals surface area (Å²) in [6.07, 6.45) is 8.97. The van der Waals surface area contributed by atoms with Crippen molar-refractivity contribution in [1.29, 1.82) is 0 Å². The van der Waals surface area contributed by atoms with Crippen molar-refractivity contribution in [2.45, 2.75) is 50.6 Å². The molecule has 2 amide bonds. The first-order valence-corrected chi connectivity index (χ1v) is 11.0. The second-order valence-corrected chi connectivity index (χ2v) is 8.65. The van der Waals surface area contributed by atoms with Crippen LogP contribution in [0.3, 0.4) is 0 Å². The molecule has 4 N–H and O–H groups in total. The summed E-state index contributed by atoms with van der Waals surface area (Å²) in [5, 5.41) is 5.93. The smallest absolute Gasteiger partial charge is 0.255 e. The van der Waals surface area contributed by atoms with Crippen molar-refractivity contribution in [2.75, 3.05) is 11.1 Å². The first kappa shape index (κ1) is 20.3. The van der Waals surface area contributed by atoms with E-state index in [0.717, 1.165) is 0 Å². The zero-order chi connectivity index (χ0) is 19.8. The number of nitrogen functional groups attached to an aromatic ring is 1. The van der Waals surface area contributed by atoms with Gasteiger partial charge in [-0.3, -0.25) is 9.59 Å². The Bertz CT molecular complexity index is 782. The van der Waals surface area contributed by atoms with Crippen LogP contribution in [0.15, 0.2) is 48.5 Å². The summed E-state index contributed by atoms with van der Waals surface area (Å²) in [5.41, 5.74) is 8.68. The van der Waals surface area contributed by atoms with Gasteiger partial charge in [-0.25, -0.2) is 0 Å². The van der Waals surface area contributed by atoms with Crippen LogP contribution >= 0.6 is 8.73 Å². The van der Waals surface area contributed by atoms with E-state index in [-0.39, 0.29) is 11.8 Å². The van der Waals surface area contributed by atoms with E-state index < -0.39 is 0 Å². The third-order valence-corrected chi connectivity index (χ3v) is 6.43. The Morgan fingerprint density at radius 3 is 1.96 bits per heavy atom. The number of rotatable bonds is 5. The predicted octanol–water partition coefficient (Wildman–Crippen LogP) is 4.96. The number of amides is 2. The molecule has 5 nitrogen and oxygen atoms in total. The Hall–Kier alpha value is -2.39. The van der Waals surface area contributed by atoms with Crippen molar-refractivity contribution in [3.05, 3.63) is 59.7 Å². The quantitative estimate of drug-likeness (QED) is 0.493.